The predicted octanol–water partition coefficient (Wildman–Crippen LogP) is 15.6. The summed E-state index contributed by atoms with van der Waals surface area (Å²) in [5, 5.41) is 0. The molecule has 350 valence electrons. The zero-order valence-electron chi connectivity index (χ0n) is 39.0. The molecule has 0 saturated carbocycles. The second-order valence-corrected chi connectivity index (χ2v) is 18.5. The Morgan fingerprint density at radius 2 is 0.898 bits per heavy atom. The third kappa shape index (κ3) is 47.9. The van der Waals surface area contributed by atoms with E-state index in [0.717, 1.165) is 44.9 Å². The van der Waals surface area contributed by atoms with Crippen LogP contribution in [0.2, 0.25) is 0 Å². The molecule has 0 heterocycles. The second-order valence-electron chi connectivity index (χ2n) is 17.0. The maximum absolute atomic E-state index is 12.6. The number of nitrogens with two attached hydrogens (primary N) is 1. The molecule has 0 aromatic rings. The topological polar surface area (TPSA) is 117 Å². The van der Waals surface area contributed by atoms with Crippen molar-refractivity contribution in [2.24, 2.45) is 5.73 Å². The minimum Gasteiger partial charge on any atom is -0.457 e. The standard InChI is InChI=1S/C50H98NO7P/c1-3-5-7-9-11-13-15-17-19-21-22-23-24-25-26-27-28-29-31-33-35-37-39-41-43-50(52)58-49(48-57-59(53,54)56-46-44-51)47-55-45-42-40-38-36-34-32-30-20-18-16-14-12-10-8-6-4-2/h12,14,18,20,49H,3-11,13,15-17,19,21-48,51H2,1-2H3,(H,53,54)/b14-12-,20-18-. The average molecular weight is 856 g/mol. The van der Waals surface area contributed by atoms with Crippen molar-refractivity contribution >= 4 is 13.8 Å². The number of ether oxygens (including phenoxy) is 2. The first-order chi connectivity index (χ1) is 28.9. The van der Waals surface area contributed by atoms with E-state index in [9.17, 15) is 14.3 Å². The highest BCUT2D eigenvalue weighted by Crippen LogP contribution is 2.43. The van der Waals surface area contributed by atoms with Crippen molar-refractivity contribution in [1.29, 1.82) is 0 Å². The number of hydrogen-bond acceptors (Lipinski definition) is 7. The van der Waals surface area contributed by atoms with Crippen LogP contribution in [0.4, 0.5) is 0 Å². The zero-order valence-corrected chi connectivity index (χ0v) is 39.9. The molecule has 2 atom stereocenters. The summed E-state index contributed by atoms with van der Waals surface area (Å²) in [6.45, 7) is 4.92. The molecular formula is C50H98NO7P. The Morgan fingerprint density at radius 1 is 0.508 bits per heavy atom. The average Bonchev–Trinajstić information content (AvgIpc) is 3.23. The minimum atomic E-state index is -4.28. The Bertz CT molecular complexity index is 962. The van der Waals surface area contributed by atoms with Gasteiger partial charge >= 0.3 is 13.8 Å². The van der Waals surface area contributed by atoms with Gasteiger partial charge in [0.1, 0.15) is 6.10 Å². The molecule has 0 bridgehead atoms. The van der Waals surface area contributed by atoms with Crippen LogP contribution in [0, 0.1) is 0 Å². The van der Waals surface area contributed by atoms with Crippen molar-refractivity contribution in [3.05, 3.63) is 24.3 Å². The van der Waals surface area contributed by atoms with Crippen molar-refractivity contribution < 1.29 is 32.8 Å². The molecule has 0 amide bonds. The number of phosphoric ester groups is 1. The summed E-state index contributed by atoms with van der Waals surface area (Å²) >= 11 is 0. The normalized spacial score (nSPS) is 13.5. The lowest BCUT2D eigenvalue weighted by molar-refractivity contribution is -0.154. The van der Waals surface area contributed by atoms with Crippen LogP contribution < -0.4 is 5.73 Å². The molecule has 0 rings (SSSR count). The summed E-state index contributed by atoms with van der Waals surface area (Å²) in [6.07, 6.45) is 55.0. The molecule has 0 aliphatic rings. The lowest BCUT2D eigenvalue weighted by atomic mass is 10.0. The molecule has 0 saturated heterocycles. The molecule has 0 fully saturated rings. The van der Waals surface area contributed by atoms with Crippen LogP contribution >= 0.6 is 7.82 Å². The van der Waals surface area contributed by atoms with Crippen molar-refractivity contribution in [2.45, 2.75) is 258 Å². The van der Waals surface area contributed by atoms with E-state index in [2.05, 4.69) is 38.2 Å². The number of unbranched alkanes of at least 4 members (excludes halogenated alkanes) is 32. The van der Waals surface area contributed by atoms with Crippen LogP contribution in [0.3, 0.4) is 0 Å². The molecule has 59 heavy (non-hydrogen) atoms. The summed E-state index contributed by atoms with van der Waals surface area (Å²) in [6, 6.07) is 0. The second kappa shape index (κ2) is 48.0. The molecule has 2 unspecified atom stereocenters. The van der Waals surface area contributed by atoms with E-state index in [-0.39, 0.29) is 32.3 Å². The summed E-state index contributed by atoms with van der Waals surface area (Å²) < 4.78 is 33.5. The van der Waals surface area contributed by atoms with E-state index in [0.29, 0.717) is 13.0 Å². The van der Waals surface area contributed by atoms with Gasteiger partial charge in [0.15, 0.2) is 0 Å². The van der Waals surface area contributed by atoms with Gasteiger partial charge in [-0.2, -0.15) is 0 Å². The maximum Gasteiger partial charge on any atom is 0.472 e. The number of rotatable bonds is 49. The van der Waals surface area contributed by atoms with Crippen LogP contribution in [-0.2, 0) is 27.9 Å². The number of esters is 1. The van der Waals surface area contributed by atoms with Gasteiger partial charge in [-0.1, -0.05) is 224 Å². The molecule has 0 aliphatic heterocycles. The van der Waals surface area contributed by atoms with Crippen molar-refractivity contribution in [2.75, 3.05) is 33.0 Å². The Hall–Kier alpha value is -1.02. The Balaban J connectivity index is 3.89. The largest absolute Gasteiger partial charge is 0.472 e. The number of phosphoric acid groups is 1. The van der Waals surface area contributed by atoms with Gasteiger partial charge in [0, 0.05) is 19.6 Å². The molecule has 0 spiro atoms. The fourth-order valence-corrected chi connectivity index (χ4v) is 8.15. The third-order valence-corrected chi connectivity index (χ3v) is 12.1. The Kier molecular flexibility index (Phi) is 47.2. The lowest BCUT2D eigenvalue weighted by Crippen LogP contribution is -2.28. The third-order valence-electron chi connectivity index (χ3n) is 11.1. The van der Waals surface area contributed by atoms with Gasteiger partial charge in [-0.25, -0.2) is 4.57 Å². The number of hydrogen-bond donors (Lipinski definition) is 2. The highest BCUT2D eigenvalue weighted by atomic mass is 31.2. The van der Waals surface area contributed by atoms with Crippen LogP contribution in [0.1, 0.15) is 251 Å². The van der Waals surface area contributed by atoms with Gasteiger partial charge in [-0.15, -0.1) is 0 Å². The summed E-state index contributed by atoms with van der Waals surface area (Å²) in [5.41, 5.74) is 5.38. The fourth-order valence-electron chi connectivity index (χ4n) is 7.38. The van der Waals surface area contributed by atoms with E-state index in [1.54, 1.807) is 0 Å². The van der Waals surface area contributed by atoms with Gasteiger partial charge in [0.25, 0.3) is 0 Å². The lowest BCUT2D eigenvalue weighted by Gasteiger charge is -2.20. The number of allylic oxidation sites excluding steroid dienone is 4. The molecule has 0 radical (unpaired) electrons. The molecule has 8 nitrogen and oxygen atoms in total. The van der Waals surface area contributed by atoms with E-state index in [1.165, 1.54) is 186 Å². The Morgan fingerprint density at radius 3 is 1.36 bits per heavy atom. The van der Waals surface area contributed by atoms with Crippen LogP contribution in [-0.4, -0.2) is 49.9 Å². The Labute approximate surface area is 366 Å². The molecule has 0 aromatic heterocycles. The monoisotopic (exact) mass is 856 g/mol. The van der Waals surface area contributed by atoms with Crippen molar-refractivity contribution in [3.63, 3.8) is 0 Å². The van der Waals surface area contributed by atoms with Crippen molar-refractivity contribution in [1.82, 2.24) is 0 Å². The highest BCUT2D eigenvalue weighted by Gasteiger charge is 2.25. The summed E-state index contributed by atoms with van der Waals surface area (Å²) in [4.78, 5) is 22.6. The SMILES string of the molecule is CCCCC/C=C\C/C=C\CCCCCCCCOCC(COP(=O)(O)OCCN)OC(=O)CCCCCCCCCCCCCCCCCCCCCCCCCC. The quantitative estimate of drug-likeness (QED) is 0.0269. The van der Waals surface area contributed by atoms with Crippen LogP contribution in [0.5, 0.6) is 0 Å². The van der Waals surface area contributed by atoms with Crippen LogP contribution in [0.25, 0.3) is 0 Å². The van der Waals surface area contributed by atoms with E-state index < -0.39 is 13.9 Å². The molecular weight excluding hydrogens is 758 g/mol. The predicted molar refractivity (Wildman–Crippen MR) is 252 cm³/mol. The smallest absolute Gasteiger partial charge is 0.457 e. The van der Waals surface area contributed by atoms with Crippen molar-refractivity contribution in [3.8, 4) is 0 Å². The van der Waals surface area contributed by atoms with E-state index in [4.69, 9.17) is 24.3 Å². The maximum atomic E-state index is 12.6. The molecule has 9 heteroatoms. The highest BCUT2D eigenvalue weighted by molar-refractivity contribution is 7.47. The zero-order chi connectivity index (χ0) is 43.0. The van der Waals surface area contributed by atoms with Gasteiger partial charge in [-0.05, 0) is 44.9 Å². The number of carbonyl (C=O) groups excluding carboxylic acids is 1. The molecule has 0 aromatic carbocycles. The van der Waals surface area contributed by atoms with Gasteiger partial charge < -0.3 is 20.1 Å². The summed E-state index contributed by atoms with van der Waals surface area (Å²) in [7, 11) is -4.28. The van der Waals surface area contributed by atoms with Gasteiger partial charge in [0.05, 0.1) is 19.8 Å². The van der Waals surface area contributed by atoms with E-state index >= 15 is 0 Å². The fraction of sp³-hybridized carbons (Fsp3) is 0.900. The summed E-state index contributed by atoms with van der Waals surface area (Å²) in [5.74, 6) is -0.328. The molecule has 3 N–H and O–H groups in total. The van der Waals surface area contributed by atoms with Crippen LogP contribution in [0.15, 0.2) is 24.3 Å². The first kappa shape index (κ1) is 58.0. The minimum absolute atomic E-state index is 0.0954. The molecule has 0 aliphatic carbocycles. The number of carbonyl (C=O) groups is 1. The first-order valence-corrected chi connectivity index (χ1v) is 26.8. The van der Waals surface area contributed by atoms with Gasteiger partial charge in [-0.3, -0.25) is 13.8 Å². The van der Waals surface area contributed by atoms with Gasteiger partial charge in [0.2, 0.25) is 0 Å². The van der Waals surface area contributed by atoms with E-state index in [1.807, 2.05) is 0 Å². The first-order valence-electron chi connectivity index (χ1n) is 25.3.